The van der Waals surface area contributed by atoms with Gasteiger partial charge >= 0.3 is 0 Å². The number of H-pyrrole nitrogens is 1. The van der Waals surface area contributed by atoms with E-state index in [1.165, 1.54) is 17.5 Å². The number of carbonyl (C=O) groups is 2. The third-order valence-electron chi connectivity index (χ3n) is 5.68. The second-order valence-corrected chi connectivity index (χ2v) is 9.70. The van der Waals surface area contributed by atoms with Crippen LogP contribution in [0.15, 0.2) is 36.9 Å². The van der Waals surface area contributed by atoms with Gasteiger partial charge in [0.25, 0.3) is 5.91 Å². The lowest BCUT2D eigenvalue weighted by Gasteiger charge is -2.34. The highest BCUT2D eigenvalue weighted by molar-refractivity contribution is 7.21. The molecule has 5 heterocycles. The van der Waals surface area contributed by atoms with Crippen LogP contribution in [0.25, 0.3) is 15.4 Å². The normalized spacial score (nSPS) is 18.6. The fraction of sp³-hybridized carbons (Fsp3) is 0.348. The van der Waals surface area contributed by atoms with E-state index in [4.69, 9.17) is 4.74 Å². The summed E-state index contributed by atoms with van der Waals surface area (Å²) >= 11 is 1.43. The topological polar surface area (TPSA) is 130 Å². The van der Waals surface area contributed by atoms with Crippen molar-refractivity contribution in [3.05, 3.63) is 48.2 Å². The van der Waals surface area contributed by atoms with Crippen molar-refractivity contribution in [1.29, 1.82) is 0 Å². The molecule has 2 atom stereocenters. The van der Waals surface area contributed by atoms with Gasteiger partial charge in [-0.15, -0.1) is 11.3 Å². The first-order valence-electron chi connectivity index (χ1n) is 11.3. The van der Waals surface area contributed by atoms with E-state index in [1.807, 2.05) is 26.1 Å². The highest BCUT2D eigenvalue weighted by Crippen LogP contribution is 2.29. The molecular formula is C23H26N8O3S. The van der Waals surface area contributed by atoms with Gasteiger partial charge in [-0.2, -0.15) is 10.2 Å². The summed E-state index contributed by atoms with van der Waals surface area (Å²) in [5, 5.41) is 17.1. The molecule has 0 aliphatic carbocycles. The second kappa shape index (κ2) is 9.56. The average molecular weight is 495 g/mol. The Hall–Kier alpha value is -3.61. The van der Waals surface area contributed by atoms with E-state index in [0.29, 0.717) is 40.6 Å². The largest absolute Gasteiger partial charge is 0.373 e. The van der Waals surface area contributed by atoms with Gasteiger partial charge in [-0.3, -0.25) is 24.6 Å². The zero-order chi connectivity index (χ0) is 24.5. The fourth-order valence-corrected chi connectivity index (χ4v) is 5.22. The Morgan fingerprint density at radius 3 is 2.77 bits per heavy atom. The predicted molar refractivity (Wildman–Crippen MR) is 133 cm³/mol. The molecule has 4 aromatic rings. The van der Waals surface area contributed by atoms with Crippen molar-refractivity contribution < 1.29 is 14.3 Å². The van der Waals surface area contributed by atoms with Gasteiger partial charge in [-0.05, 0) is 32.9 Å². The van der Waals surface area contributed by atoms with Gasteiger partial charge in [-0.1, -0.05) is 0 Å². The number of aromatic nitrogens is 5. The first-order chi connectivity index (χ1) is 16.9. The van der Waals surface area contributed by atoms with E-state index in [-0.39, 0.29) is 30.6 Å². The van der Waals surface area contributed by atoms with E-state index in [2.05, 4.69) is 35.8 Å². The maximum absolute atomic E-state index is 13.1. The van der Waals surface area contributed by atoms with Gasteiger partial charge in [0.05, 0.1) is 58.7 Å². The SMILES string of the molecule is Cc1ncc(NC(=O)CN2C[C@H](C)O[C@@H](C)C2)cc1NC(=O)c1cnn2cc(-c3cc[nH]n3)sc12. The zero-order valence-corrected chi connectivity index (χ0v) is 20.4. The molecule has 3 N–H and O–H groups in total. The van der Waals surface area contributed by atoms with Crippen LogP contribution < -0.4 is 10.6 Å². The van der Waals surface area contributed by atoms with Crippen molar-refractivity contribution in [3.63, 3.8) is 0 Å². The Labute approximate surface area is 205 Å². The number of anilines is 2. The maximum Gasteiger partial charge on any atom is 0.260 e. The molecule has 12 heteroatoms. The summed E-state index contributed by atoms with van der Waals surface area (Å²) in [6.45, 7) is 7.47. The van der Waals surface area contributed by atoms with Gasteiger partial charge in [-0.25, -0.2) is 4.52 Å². The number of aryl methyl sites for hydroxylation is 1. The van der Waals surface area contributed by atoms with Crippen molar-refractivity contribution in [1.82, 2.24) is 29.7 Å². The Kier molecular flexibility index (Phi) is 6.32. The molecule has 4 aromatic heterocycles. The molecule has 1 saturated heterocycles. The number of hydrogen-bond donors (Lipinski definition) is 3. The van der Waals surface area contributed by atoms with Crippen molar-refractivity contribution in [2.75, 3.05) is 30.3 Å². The summed E-state index contributed by atoms with van der Waals surface area (Å²) in [5.74, 6) is -0.447. The van der Waals surface area contributed by atoms with E-state index >= 15 is 0 Å². The molecule has 0 aromatic carbocycles. The number of amides is 2. The molecule has 0 radical (unpaired) electrons. The molecule has 0 unspecified atom stereocenters. The fourth-order valence-electron chi connectivity index (χ4n) is 4.19. The minimum absolute atomic E-state index is 0.0865. The van der Waals surface area contributed by atoms with E-state index in [0.717, 1.165) is 10.6 Å². The molecule has 0 spiro atoms. The average Bonchev–Trinajstić information content (AvgIpc) is 3.52. The standard InChI is InChI=1S/C23H26N8O3S/c1-13-9-30(10-14(2)34-13)12-21(32)27-16-6-19(15(3)24-7-16)28-22(33)17-8-26-31-11-20(35-23(17)31)18-4-5-25-29-18/h4-8,11,13-14H,9-10,12H2,1-3H3,(H,25,29)(H,27,32)(H,28,33)/t13-,14-/m0/s1. The lowest BCUT2D eigenvalue weighted by Crippen LogP contribution is -2.48. The van der Waals surface area contributed by atoms with Gasteiger partial charge in [0.15, 0.2) is 0 Å². The van der Waals surface area contributed by atoms with Gasteiger partial charge < -0.3 is 15.4 Å². The lowest BCUT2D eigenvalue weighted by molar-refractivity contribution is -0.121. The molecule has 1 fully saturated rings. The van der Waals surface area contributed by atoms with E-state index in [9.17, 15) is 9.59 Å². The lowest BCUT2D eigenvalue weighted by atomic mass is 10.2. The van der Waals surface area contributed by atoms with Crippen LogP contribution in [-0.2, 0) is 9.53 Å². The number of nitrogens with zero attached hydrogens (tertiary/aromatic N) is 5. The van der Waals surface area contributed by atoms with Crippen LogP contribution in [0.4, 0.5) is 11.4 Å². The Morgan fingerprint density at radius 2 is 2.03 bits per heavy atom. The highest BCUT2D eigenvalue weighted by Gasteiger charge is 2.24. The number of rotatable bonds is 6. The Balaban J connectivity index is 1.27. The molecule has 11 nitrogen and oxygen atoms in total. The van der Waals surface area contributed by atoms with Crippen LogP contribution in [0.2, 0.25) is 0 Å². The Morgan fingerprint density at radius 1 is 1.23 bits per heavy atom. The third kappa shape index (κ3) is 5.09. The van der Waals surface area contributed by atoms with Gasteiger partial charge in [0.1, 0.15) is 10.5 Å². The summed E-state index contributed by atoms with van der Waals surface area (Å²) in [6, 6.07) is 3.58. The number of hydrogen-bond acceptors (Lipinski definition) is 8. The van der Waals surface area contributed by atoms with Gasteiger partial charge in [0, 0.05) is 25.5 Å². The van der Waals surface area contributed by atoms with Crippen LogP contribution in [-0.4, -0.2) is 73.4 Å². The molecule has 1 aliphatic rings. The van der Waals surface area contributed by atoms with Crippen LogP contribution in [0.5, 0.6) is 0 Å². The summed E-state index contributed by atoms with van der Waals surface area (Å²) < 4.78 is 7.39. The summed E-state index contributed by atoms with van der Waals surface area (Å²) in [6.07, 6.45) is 6.88. The second-order valence-electron chi connectivity index (χ2n) is 8.67. The van der Waals surface area contributed by atoms with Crippen LogP contribution in [0, 0.1) is 6.92 Å². The quantitative estimate of drug-likeness (QED) is 0.376. The summed E-state index contributed by atoms with van der Waals surface area (Å²) in [4.78, 5) is 33.7. The molecule has 35 heavy (non-hydrogen) atoms. The molecular weight excluding hydrogens is 468 g/mol. The summed E-state index contributed by atoms with van der Waals surface area (Å²) in [7, 11) is 0. The molecule has 0 saturated carbocycles. The molecule has 5 rings (SSSR count). The maximum atomic E-state index is 13.1. The monoisotopic (exact) mass is 494 g/mol. The number of aromatic amines is 1. The molecule has 2 amide bonds. The number of thiazole rings is 1. The molecule has 0 bridgehead atoms. The number of nitrogens with one attached hydrogen (secondary N) is 3. The third-order valence-corrected chi connectivity index (χ3v) is 6.81. The van der Waals surface area contributed by atoms with Crippen molar-refractivity contribution in [2.45, 2.75) is 33.0 Å². The molecule has 1 aliphatic heterocycles. The number of fused-ring (bicyclic) bond motifs is 1. The number of morpholine rings is 1. The van der Waals surface area contributed by atoms with E-state index < -0.39 is 0 Å². The van der Waals surface area contributed by atoms with Crippen molar-refractivity contribution in [3.8, 4) is 10.6 Å². The van der Waals surface area contributed by atoms with E-state index in [1.54, 1.807) is 29.9 Å². The number of ether oxygens (including phenoxy) is 1. The number of carbonyl (C=O) groups excluding carboxylic acids is 2. The minimum atomic E-state index is -0.305. The first-order valence-corrected chi connectivity index (χ1v) is 12.1. The highest BCUT2D eigenvalue weighted by atomic mass is 32.1. The summed E-state index contributed by atoms with van der Waals surface area (Å²) in [5.41, 5.74) is 2.91. The van der Waals surface area contributed by atoms with Gasteiger partial charge in [0.2, 0.25) is 5.91 Å². The Bertz CT molecular complexity index is 1350. The van der Waals surface area contributed by atoms with Crippen LogP contribution in [0.1, 0.15) is 29.9 Å². The minimum Gasteiger partial charge on any atom is -0.373 e. The molecule has 182 valence electrons. The zero-order valence-electron chi connectivity index (χ0n) is 19.6. The predicted octanol–water partition coefficient (Wildman–Crippen LogP) is 2.79. The van der Waals surface area contributed by atoms with Crippen molar-refractivity contribution >= 4 is 39.4 Å². The number of pyridine rings is 1. The van der Waals surface area contributed by atoms with Crippen LogP contribution in [0.3, 0.4) is 0 Å². The smallest absolute Gasteiger partial charge is 0.260 e. The van der Waals surface area contributed by atoms with Crippen LogP contribution >= 0.6 is 11.3 Å². The first kappa shape index (κ1) is 23.1. The van der Waals surface area contributed by atoms with Crippen molar-refractivity contribution in [2.24, 2.45) is 0 Å².